The van der Waals surface area contributed by atoms with Gasteiger partial charge < -0.3 is 14.0 Å². The van der Waals surface area contributed by atoms with Crippen LogP contribution in [0.4, 0.5) is 0 Å². The van der Waals surface area contributed by atoms with E-state index in [1.807, 2.05) is 12.1 Å². The molecular formula is C22H18N2O2. The van der Waals surface area contributed by atoms with Crippen LogP contribution in [0.25, 0.3) is 22.4 Å². The summed E-state index contributed by atoms with van der Waals surface area (Å²) in [5, 5.41) is 0. The molecule has 0 atom stereocenters. The van der Waals surface area contributed by atoms with Crippen LogP contribution in [0.3, 0.4) is 0 Å². The normalized spacial score (nSPS) is 12.7. The molecule has 0 bridgehead atoms. The van der Waals surface area contributed by atoms with E-state index >= 15 is 0 Å². The molecule has 26 heavy (non-hydrogen) atoms. The van der Waals surface area contributed by atoms with Crippen LogP contribution in [0, 0.1) is 6.92 Å². The Kier molecular flexibility index (Phi) is 3.42. The first-order valence-electron chi connectivity index (χ1n) is 8.69. The van der Waals surface area contributed by atoms with Crippen molar-refractivity contribution in [2.24, 2.45) is 0 Å². The van der Waals surface area contributed by atoms with Gasteiger partial charge >= 0.3 is 0 Å². The second-order valence-electron chi connectivity index (χ2n) is 6.56. The number of nitrogens with zero attached hydrogens (tertiary/aromatic N) is 2. The van der Waals surface area contributed by atoms with E-state index in [1.54, 1.807) is 0 Å². The van der Waals surface area contributed by atoms with Gasteiger partial charge in [0, 0.05) is 12.1 Å². The quantitative estimate of drug-likeness (QED) is 0.537. The van der Waals surface area contributed by atoms with Gasteiger partial charge in [-0.3, -0.25) is 0 Å². The Bertz CT molecular complexity index is 1100. The number of hydrogen-bond donors (Lipinski definition) is 0. The zero-order valence-electron chi connectivity index (χ0n) is 14.5. The Morgan fingerprint density at radius 2 is 1.73 bits per heavy atom. The number of rotatable bonds is 3. The summed E-state index contributed by atoms with van der Waals surface area (Å²) in [4.78, 5) is 4.89. The first-order valence-corrected chi connectivity index (χ1v) is 8.69. The highest BCUT2D eigenvalue weighted by Crippen LogP contribution is 2.33. The van der Waals surface area contributed by atoms with E-state index in [1.165, 1.54) is 5.56 Å². The molecule has 0 saturated carbocycles. The number of ether oxygens (including phenoxy) is 2. The van der Waals surface area contributed by atoms with Crippen molar-refractivity contribution in [2.45, 2.75) is 13.5 Å². The van der Waals surface area contributed by atoms with Gasteiger partial charge in [0.25, 0.3) is 0 Å². The highest BCUT2D eigenvalue weighted by molar-refractivity contribution is 5.80. The first-order chi connectivity index (χ1) is 12.8. The molecule has 2 heterocycles. The molecule has 128 valence electrons. The minimum absolute atomic E-state index is 0.293. The molecule has 0 saturated heterocycles. The molecule has 1 aromatic heterocycles. The highest BCUT2D eigenvalue weighted by atomic mass is 16.7. The predicted octanol–water partition coefficient (Wildman–Crippen LogP) is 4.79. The van der Waals surface area contributed by atoms with Gasteiger partial charge in [0.2, 0.25) is 6.79 Å². The van der Waals surface area contributed by atoms with Crippen LogP contribution in [0.2, 0.25) is 0 Å². The van der Waals surface area contributed by atoms with Crippen LogP contribution >= 0.6 is 0 Å². The van der Waals surface area contributed by atoms with Crippen LogP contribution in [0.1, 0.15) is 11.1 Å². The number of aromatic nitrogens is 2. The second-order valence-corrected chi connectivity index (χ2v) is 6.56. The average Bonchev–Trinajstić information content (AvgIpc) is 3.27. The largest absolute Gasteiger partial charge is 0.454 e. The van der Waals surface area contributed by atoms with E-state index in [9.17, 15) is 0 Å². The molecule has 4 nitrogen and oxygen atoms in total. The molecule has 4 heteroatoms. The standard InChI is InChI=1S/C22H18N2O2/c1-15-6-9-17(10-7-15)22-23-18-4-2-3-5-19(18)24(22)13-16-8-11-20-21(12-16)26-14-25-20/h2-12H,13-14H2,1H3. The molecule has 5 rings (SSSR count). The summed E-state index contributed by atoms with van der Waals surface area (Å²) in [6, 6.07) is 22.9. The summed E-state index contributed by atoms with van der Waals surface area (Å²) in [6.45, 7) is 3.11. The predicted molar refractivity (Wildman–Crippen MR) is 102 cm³/mol. The van der Waals surface area contributed by atoms with E-state index < -0.39 is 0 Å². The SMILES string of the molecule is Cc1ccc(-c2nc3ccccc3n2Cc2ccc3c(c2)OCO3)cc1. The van der Waals surface area contributed by atoms with Gasteiger partial charge in [0.15, 0.2) is 11.5 Å². The van der Waals surface area contributed by atoms with Crippen molar-refractivity contribution in [1.82, 2.24) is 9.55 Å². The Balaban J connectivity index is 1.63. The Morgan fingerprint density at radius 3 is 2.62 bits per heavy atom. The van der Waals surface area contributed by atoms with Gasteiger partial charge in [-0.25, -0.2) is 4.98 Å². The van der Waals surface area contributed by atoms with Crippen LogP contribution in [-0.4, -0.2) is 16.3 Å². The van der Waals surface area contributed by atoms with E-state index in [-0.39, 0.29) is 0 Å². The molecule has 0 spiro atoms. The van der Waals surface area contributed by atoms with Crippen molar-refractivity contribution in [2.75, 3.05) is 6.79 Å². The molecule has 4 aromatic rings. The van der Waals surface area contributed by atoms with E-state index in [2.05, 4.69) is 66.1 Å². The summed E-state index contributed by atoms with van der Waals surface area (Å²) in [5.74, 6) is 2.59. The third kappa shape index (κ3) is 2.51. The fourth-order valence-corrected chi connectivity index (χ4v) is 3.38. The molecule has 1 aliphatic heterocycles. The lowest BCUT2D eigenvalue weighted by Crippen LogP contribution is -2.02. The lowest BCUT2D eigenvalue weighted by atomic mass is 10.1. The molecule has 0 radical (unpaired) electrons. The van der Waals surface area contributed by atoms with Gasteiger partial charge in [0.1, 0.15) is 5.82 Å². The highest BCUT2D eigenvalue weighted by Gasteiger charge is 2.16. The third-order valence-corrected chi connectivity index (χ3v) is 4.74. The fourth-order valence-electron chi connectivity index (χ4n) is 3.38. The van der Waals surface area contributed by atoms with E-state index in [4.69, 9.17) is 14.5 Å². The Labute approximate surface area is 151 Å². The van der Waals surface area contributed by atoms with Gasteiger partial charge in [-0.1, -0.05) is 48.0 Å². The minimum Gasteiger partial charge on any atom is -0.454 e. The van der Waals surface area contributed by atoms with Gasteiger partial charge in [0.05, 0.1) is 11.0 Å². The number of fused-ring (bicyclic) bond motifs is 2. The van der Waals surface area contributed by atoms with Crippen molar-refractivity contribution in [3.8, 4) is 22.9 Å². The lowest BCUT2D eigenvalue weighted by Gasteiger charge is -2.10. The van der Waals surface area contributed by atoms with Crippen LogP contribution in [0.15, 0.2) is 66.7 Å². The van der Waals surface area contributed by atoms with Gasteiger partial charge in [-0.2, -0.15) is 0 Å². The molecule has 0 unspecified atom stereocenters. The topological polar surface area (TPSA) is 36.3 Å². The Hall–Kier alpha value is -3.27. The zero-order valence-corrected chi connectivity index (χ0v) is 14.5. The third-order valence-electron chi connectivity index (χ3n) is 4.74. The molecule has 0 N–H and O–H groups in total. The van der Waals surface area contributed by atoms with Crippen molar-refractivity contribution < 1.29 is 9.47 Å². The summed E-state index contributed by atoms with van der Waals surface area (Å²) >= 11 is 0. The smallest absolute Gasteiger partial charge is 0.231 e. The lowest BCUT2D eigenvalue weighted by molar-refractivity contribution is 0.174. The van der Waals surface area contributed by atoms with Crippen molar-refractivity contribution in [3.05, 3.63) is 77.9 Å². The number of para-hydroxylation sites is 2. The van der Waals surface area contributed by atoms with Gasteiger partial charge in [-0.05, 0) is 36.8 Å². The molecule has 3 aromatic carbocycles. The van der Waals surface area contributed by atoms with Crippen molar-refractivity contribution in [1.29, 1.82) is 0 Å². The first kappa shape index (κ1) is 15.0. The number of hydrogen-bond acceptors (Lipinski definition) is 3. The maximum absolute atomic E-state index is 5.53. The summed E-state index contributed by atoms with van der Waals surface area (Å²) in [6.07, 6.45) is 0. The summed E-state index contributed by atoms with van der Waals surface area (Å²) in [5.41, 5.74) is 5.65. The average molecular weight is 342 g/mol. The number of aryl methyl sites for hydroxylation is 1. The summed E-state index contributed by atoms with van der Waals surface area (Å²) < 4.78 is 13.2. The Morgan fingerprint density at radius 1 is 0.923 bits per heavy atom. The molecular weight excluding hydrogens is 324 g/mol. The van der Waals surface area contributed by atoms with Crippen LogP contribution in [0.5, 0.6) is 11.5 Å². The molecule has 1 aliphatic rings. The van der Waals surface area contributed by atoms with Gasteiger partial charge in [-0.15, -0.1) is 0 Å². The van der Waals surface area contributed by atoms with Crippen LogP contribution in [-0.2, 0) is 6.54 Å². The second kappa shape index (κ2) is 5.92. The maximum atomic E-state index is 5.53. The summed E-state index contributed by atoms with van der Waals surface area (Å²) in [7, 11) is 0. The van der Waals surface area contributed by atoms with E-state index in [0.29, 0.717) is 6.79 Å². The number of imidazole rings is 1. The molecule has 0 amide bonds. The minimum atomic E-state index is 0.293. The van der Waals surface area contributed by atoms with E-state index in [0.717, 1.165) is 46.0 Å². The molecule has 0 fully saturated rings. The zero-order chi connectivity index (χ0) is 17.5. The number of benzene rings is 3. The monoisotopic (exact) mass is 342 g/mol. The maximum Gasteiger partial charge on any atom is 0.231 e. The van der Waals surface area contributed by atoms with Crippen molar-refractivity contribution in [3.63, 3.8) is 0 Å². The molecule has 0 aliphatic carbocycles. The van der Waals surface area contributed by atoms with Crippen molar-refractivity contribution >= 4 is 11.0 Å². The fraction of sp³-hybridized carbons (Fsp3) is 0.136. The van der Waals surface area contributed by atoms with Crippen LogP contribution < -0.4 is 9.47 Å².